The summed E-state index contributed by atoms with van der Waals surface area (Å²) in [6, 6.07) is 14.5. The lowest BCUT2D eigenvalue weighted by Gasteiger charge is -2.15. The number of carbonyl (C=O) groups excluding carboxylic acids is 2. The molecule has 0 N–H and O–H groups in total. The summed E-state index contributed by atoms with van der Waals surface area (Å²) in [7, 11) is 0. The van der Waals surface area contributed by atoms with Crippen LogP contribution in [0.2, 0.25) is 0 Å². The molecule has 0 atom stereocenters. The molecule has 0 bridgehead atoms. The summed E-state index contributed by atoms with van der Waals surface area (Å²) in [6.07, 6.45) is 5.33. The van der Waals surface area contributed by atoms with Crippen molar-refractivity contribution in [2.45, 2.75) is 33.1 Å². The molecule has 0 aliphatic carbocycles. The highest BCUT2D eigenvalue weighted by Gasteiger charge is 2.46. The number of aromatic nitrogens is 3. The van der Waals surface area contributed by atoms with Crippen molar-refractivity contribution in [1.82, 2.24) is 14.7 Å². The lowest BCUT2D eigenvalue weighted by molar-refractivity contribution is -0.576. The van der Waals surface area contributed by atoms with Gasteiger partial charge < -0.3 is 5.11 Å². The van der Waals surface area contributed by atoms with E-state index in [0.29, 0.717) is 30.8 Å². The fraction of sp³-hybridized carbons (Fsp3) is 0.250. The monoisotopic (exact) mass is 416 g/mol. The Labute approximate surface area is 180 Å². The Morgan fingerprint density at radius 3 is 2.26 bits per heavy atom. The van der Waals surface area contributed by atoms with E-state index in [9.17, 15) is 14.7 Å². The molecule has 158 valence electrons. The molecule has 1 aliphatic rings. The second-order valence-electron chi connectivity index (χ2n) is 7.39. The van der Waals surface area contributed by atoms with E-state index in [1.54, 1.807) is 41.2 Å². The maximum absolute atomic E-state index is 13.5. The Bertz CT molecular complexity index is 1150. The highest BCUT2D eigenvalue weighted by atomic mass is 16.3. The van der Waals surface area contributed by atoms with Gasteiger partial charge in [-0.3, -0.25) is 14.5 Å². The van der Waals surface area contributed by atoms with Crippen LogP contribution in [0.4, 0.5) is 0 Å². The number of pyridine rings is 1. The number of hydrogen-bond donors (Lipinski definition) is 0. The Morgan fingerprint density at radius 1 is 0.935 bits per heavy atom. The quantitative estimate of drug-likeness (QED) is 0.437. The number of aryl methyl sites for hydroxylation is 1. The first-order chi connectivity index (χ1) is 15.1. The van der Waals surface area contributed by atoms with Crippen LogP contribution in [-0.2, 0) is 16.0 Å². The summed E-state index contributed by atoms with van der Waals surface area (Å²) in [6.45, 7) is 4.19. The molecular weight excluding hydrogens is 392 g/mol. The van der Waals surface area contributed by atoms with Crippen LogP contribution in [0.5, 0.6) is 5.88 Å². The molecule has 1 aromatic carbocycles. The minimum atomic E-state index is -0.444. The third-order valence-corrected chi connectivity index (χ3v) is 5.22. The van der Waals surface area contributed by atoms with Crippen LogP contribution in [0.25, 0.3) is 17.0 Å². The van der Waals surface area contributed by atoms with Gasteiger partial charge in [-0.05, 0) is 30.9 Å². The molecular formula is C24H24N4O3. The Hall–Kier alpha value is -3.74. The third kappa shape index (κ3) is 3.52. The smallest absolute Gasteiger partial charge is 0.326 e. The summed E-state index contributed by atoms with van der Waals surface area (Å²) in [5.41, 5.74) is 1.69. The lowest BCUT2D eigenvalue weighted by Crippen LogP contribution is -2.39. The zero-order valence-electron chi connectivity index (χ0n) is 17.6. The van der Waals surface area contributed by atoms with E-state index >= 15 is 0 Å². The summed E-state index contributed by atoms with van der Waals surface area (Å²) in [4.78, 5) is 27.9. The zero-order valence-corrected chi connectivity index (χ0v) is 17.6. The number of carbonyl (C=O) groups is 2. The number of imide groups is 1. The number of hydrogen-bond acceptors (Lipinski definition) is 4. The van der Waals surface area contributed by atoms with Crippen LogP contribution in [-0.4, -0.2) is 33.0 Å². The summed E-state index contributed by atoms with van der Waals surface area (Å²) in [5.74, 6) is -1.23. The van der Waals surface area contributed by atoms with Crippen molar-refractivity contribution in [2.75, 3.05) is 6.54 Å². The molecule has 4 rings (SSSR count). The predicted molar refractivity (Wildman–Crippen MR) is 114 cm³/mol. The minimum absolute atomic E-state index is 0.130. The number of rotatable bonds is 7. The standard InChI is InChI=1S/C24H24N4O3/c1-3-11-18-19(23(30)28(25-18)17-12-7-5-8-13-17)20-21(26-15-9-6-10-16-26)24(31)27(14-4-2)22(20)29/h5-10,12-13,15-16H,3-4,11,14H2,1-2H3. The molecule has 7 nitrogen and oxygen atoms in total. The van der Waals surface area contributed by atoms with E-state index in [-0.39, 0.29) is 16.8 Å². The third-order valence-electron chi connectivity index (χ3n) is 5.22. The fourth-order valence-electron chi connectivity index (χ4n) is 3.86. The minimum Gasteiger partial charge on any atom is -0.858 e. The number of benzene rings is 1. The fourth-order valence-corrected chi connectivity index (χ4v) is 3.86. The molecule has 1 aliphatic heterocycles. The molecule has 0 unspecified atom stereocenters. The van der Waals surface area contributed by atoms with Gasteiger partial charge >= 0.3 is 5.91 Å². The van der Waals surface area contributed by atoms with Crippen molar-refractivity contribution in [3.8, 4) is 11.6 Å². The van der Waals surface area contributed by atoms with E-state index < -0.39 is 17.7 Å². The maximum Gasteiger partial charge on any atom is 0.326 e. The molecule has 3 heterocycles. The van der Waals surface area contributed by atoms with Gasteiger partial charge in [-0.1, -0.05) is 44.5 Å². The number of para-hydroxylation sites is 1. The molecule has 3 aromatic rings. The van der Waals surface area contributed by atoms with E-state index in [0.717, 1.165) is 6.42 Å². The highest BCUT2D eigenvalue weighted by molar-refractivity contribution is 6.44. The number of nitrogens with zero attached hydrogens (tertiary/aromatic N) is 4. The SMILES string of the molecule is CCCc1nn(-c2ccccc2)c([O-])c1C1=C([n+]2ccccc2)C(=O)N(CCC)C1=O. The first-order valence-corrected chi connectivity index (χ1v) is 10.5. The van der Waals surface area contributed by atoms with E-state index in [1.807, 2.05) is 38.1 Å². The largest absolute Gasteiger partial charge is 0.858 e. The molecule has 0 fully saturated rings. The summed E-state index contributed by atoms with van der Waals surface area (Å²) >= 11 is 0. The van der Waals surface area contributed by atoms with Gasteiger partial charge in [0.15, 0.2) is 12.4 Å². The lowest BCUT2D eigenvalue weighted by atomic mass is 10.0. The predicted octanol–water partition coefficient (Wildman–Crippen LogP) is 2.33. The summed E-state index contributed by atoms with van der Waals surface area (Å²) in [5, 5.41) is 18.1. The van der Waals surface area contributed by atoms with Gasteiger partial charge in [0.05, 0.1) is 11.4 Å². The van der Waals surface area contributed by atoms with Crippen LogP contribution in [0.3, 0.4) is 0 Å². The van der Waals surface area contributed by atoms with Crippen molar-refractivity contribution in [1.29, 1.82) is 0 Å². The average Bonchev–Trinajstić information content (AvgIpc) is 3.23. The normalized spacial score (nSPS) is 14.1. The van der Waals surface area contributed by atoms with Gasteiger partial charge in [-0.25, -0.2) is 4.68 Å². The van der Waals surface area contributed by atoms with Gasteiger partial charge in [0.1, 0.15) is 5.57 Å². The average molecular weight is 416 g/mol. The van der Waals surface area contributed by atoms with Crippen LogP contribution >= 0.6 is 0 Å². The van der Waals surface area contributed by atoms with Gasteiger partial charge in [-0.2, -0.15) is 9.67 Å². The Balaban J connectivity index is 1.99. The van der Waals surface area contributed by atoms with E-state index in [1.165, 1.54) is 9.58 Å². The number of amides is 2. The maximum atomic E-state index is 13.5. The highest BCUT2D eigenvalue weighted by Crippen LogP contribution is 2.37. The van der Waals surface area contributed by atoms with Crippen LogP contribution < -0.4 is 9.67 Å². The van der Waals surface area contributed by atoms with Crippen molar-refractivity contribution < 1.29 is 19.3 Å². The Morgan fingerprint density at radius 2 is 1.61 bits per heavy atom. The van der Waals surface area contributed by atoms with Crippen LogP contribution in [0.1, 0.15) is 37.9 Å². The van der Waals surface area contributed by atoms with Crippen molar-refractivity contribution in [2.24, 2.45) is 0 Å². The zero-order chi connectivity index (χ0) is 22.0. The van der Waals surface area contributed by atoms with Crippen LogP contribution in [0.15, 0.2) is 60.9 Å². The van der Waals surface area contributed by atoms with Crippen molar-refractivity contribution in [3.05, 3.63) is 72.2 Å². The van der Waals surface area contributed by atoms with Gasteiger partial charge in [0.25, 0.3) is 11.6 Å². The molecule has 0 saturated heterocycles. The molecule has 2 aromatic heterocycles. The van der Waals surface area contributed by atoms with Crippen molar-refractivity contribution in [3.63, 3.8) is 0 Å². The van der Waals surface area contributed by atoms with Gasteiger partial charge in [-0.15, -0.1) is 0 Å². The molecule has 0 saturated carbocycles. The summed E-state index contributed by atoms with van der Waals surface area (Å²) < 4.78 is 2.93. The molecule has 0 spiro atoms. The van der Waals surface area contributed by atoms with Crippen molar-refractivity contribution >= 4 is 23.1 Å². The molecule has 31 heavy (non-hydrogen) atoms. The van der Waals surface area contributed by atoms with Gasteiger partial charge in [0.2, 0.25) is 0 Å². The van der Waals surface area contributed by atoms with E-state index in [4.69, 9.17) is 0 Å². The molecule has 0 radical (unpaired) electrons. The first kappa shape index (κ1) is 20.5. The second-order valence-corrected chi connectivity index (χ2v) is 7.39. The first-order valence-electron chi connectivity index (χ1n) is 10.5. The topological polar surface area (TPSA) is 82.1 Å². The van der Waals surface area contributed by atoms with Gasteiger partial charge in [0, 0.05) is 24.2 Å². The Kier molecular flexibility index (Phi) is 5.66. The van der Waals surface area contributed by atoms with E-state index in [2.05, 4.69) is 5.10 Å². The van der Waals surface area contributed by atoms with Crippen LogP contribution in [0, 0.1) is 0 Å². The second kappa shape index (κ2) is 8.55. The molecule has 7 heteroatoms. The molecule has 2 amide bonds.